The second-order valence-electron chi connectivity index (χ2n) is 34.1. The lowest BCUT2D eigenvalue weighted by atomic mass is 9.99. The van der Waals surface area contributed by atoms with Crippen LogP contribution in [0.4, 0.5) is 101 Å². The molecule has 0 radical (unpaired) electrons. The van der Waals surface area contributed by atoms with Crippen molar-refractivity contribution < 1.29 is 75.4 Å². The molecule has 0 saturated carbocycles. The average molecular weight is 1870 g/mol. The summed E-state index contributed by atoms with van der Waals surface area (Å²) in [6.45, 7) is 13.5. The van der Waals surface area contributed by atoms with Gasteiger partial charge in [0, 0.05) is 119 Å². The molecule has 0 aromatic carbocycles. The number of pyridine rings is 5. The van der Waals surface area contributed by atoms with Crippen LogP contribution in [0.3, 0.4) is 0 Å². The number of nitrogens with zero attached hydrogens (tertiary/aromatic N) is 24. The Labute approximate surface area is 755 Å². The van der Waals surface area contributed by atoms with Crippen LogP contribution in [-0.2, 0) is 105 Å². The average Bonchev–Trinajstić information content (AvgIpc) is 1.14. The number of aryl methyl sites for hydroxylation is 4. The maximum absolute atomic E-state index is 12.8. The molecule has 134 heavy (non-hydrogen) atoms. The second-order valence-corrected chi connectivity index (χ2v) is 34.1. The third-order valence-electron chi connectivity index (χ3n) is 24.0. The number of fused-ring (bicyclic) bond motifs is 7. The summed E-state index contributed by atoms with van der Waals surface area (Å²) in [6, 6.07) is 11.1. The maximum atomic E-state index is 12.8. The molecule has 0 saturated heterocycles. The van der Waals surface area contributed by atoms with Crippen LogP contribution in [0.15, 0.2) is 128 Å². The van der Waals surface area contributed by atoms with Crippen LogP contribution in [0.2, 0.25) is 0 Å². The molecule has 32 nitrogen and oxygen atoms in total. The van der Waals surface area contributed by atoms with E-state index in [1.54, 1.807) is 48.2 Å². The van der Waals surface area contributed by atoms with Crippen LogP contribution < -0.4 is 42.5 Å². The van der Waals surface area contributed by atoms with E-state index in [9.17, 15) is 75.4 Å². The fourth-order valence-electron chi connectivity index (χ4n) is 17.4. The fraction of sp³-hybridized carbons (Fsp3) is 0.425. The summed E-state index contributed by atoms with van der Waals surface area (Å²) in [5.74, 6) is 2.37. The smallest absolute Gasteiger partial charge is 0.347 e. The predicted molar refractivity (Wildman–Crippen MR) is 458 cm³/mol. The van der Waals surface area contributed by atoms with Crippen LogP contribution in [-0.4, -0.2) is 132 Å². The summed E-state index contributed by atoms with van der Waals surface area (Å²) in [7, 11) is 3.73. The Morgan fingerprint density at radius 3 is 1.10 bits per heavy atom. The summed E-state index contributed by atoms with van der Waals surface area (Å²) in [5.41, 5.74) is 31.7. The number of carbonyl (C=O) groups excluding carboxylic acids is 2. The summed E-state index contributed by atoms with van der Waals surface area (Å²) >= 11 is 0. The topological polar surface area (TPSA) is 395 Å². The summed E-state index contributed by atoms with van der Waals surface area (Å²) in [5, 5.41) is 38.4. The standard InChI is InChI=1S/2C24H27F3N8O.C13H11F3N6.2C13H13F3N4/c2*1-12(2)20-22(36)32-19-13(3)30-23(33-21(19)34(20)4)31-16-6-7-17-15(16)10-29-35(17)11-14-5-8-18(28-9-14)24(25,26)27;14-13(15,16)12-4-1-8(5-18-12)6-22-7-9-10(19-21-17)2-3-11(9)20-22;14-13(15,16)12-4-1-8(5-18-12)7-20-11-3-2-10(17)9(11)6-19-20;14-13(15,16)12-4-1-8(5-18-12)6-20-7-9-10(17)2-3-11(9)19-20/h2*5,8-10,12,16,20H,6-7,11H2,1-4H3,(H,32,36)(H,30,31,33);1,4-5,7,10H,2-3,6H2;1,4-6,10H,2-3,7,17H2;1,4-5,7,10H,2-3,6,17H2/t16-,20+;16-,20-;;;/m10.../s1. The van der Waals surface area contributed by atoms with Gasteiger partial charge >= 0.3 is 30.9 Å². The van der Waals surface area contributed by atoms with Crippen molar-refractivity contribution in [3.8, 4) is 0 Å². The quantitative estimate of drug-likeness (QED) is 0.0213. The molecule has 47 heteroatoms. The lowest BCUT2D eigenvalue weighted by molar-refractivity contribution is -0.142. The van der Waals surface area contributed by atoms with Crippen molar-refractivity contribution in [2.75, 3.05) is 45.2 Å². The van der Waals surface area contributed by atoms with Gasteiger partial charge in [-0.1, -0.05) is 63.1 Å². The van der Waals surface area contributed by atoms with Gasteiger partial charge < -0.3 is 42.5 Å². The van der Waals surface area contributed by atoms with E-state index in [0.717, 1.165) is 151 Å². The highest BCUT2D eigenvalue weighted by Crippen LogP contribution is 2.43. The maximum Gasteiger partial charge on any atom is 0.433 e. The minimum absolute atomic E-state index is 0.0180. The third-order valence-corrected chi connectivity index (χ3v) is 24.0. The number of alkyl halides is 15. The van der Waals surface area contributed by atoms with E-state index in [1.807, 2.05) is 71.6 Å². The highest BCUT2D eigenvalue weighted by molar-refractivity contribution is 6.04. The first-order chi connectivity index (χ1) is 63.4. The Balaban J connectivity index is 0.000000131. The van der Waals surface area contributed by atoms with Crippen molar-refractivity contribution >= 4 is 46.7 Å². The number of nitrogens with two attached hydrogens (primary N) is 2. The number of aromatic nitrogens is 19. The first kappa shape index (κ1) is 94.9. The molecule has 19 rings (SSSR count). The largest absolute Gasteiger partial charge is 0.433 e. The zero-order chi connectivity index (χ0) is 95.9. The molecule has 2 aliphatic heterocycles. The number of halogens is 15. The molecular weight excluding hydrogens is 1780 g/mol. The Morgan fingerprint density at radius 2 is 0.754 bits per heavy atom. The van der Waals surface area contributed by atoms with E-state index in [2.05, 4.69) is 91.7 Å². The molecule has 0 bridgehead atoms. The predicted octanol–water partition coefficient (Wildman–Crippen LogP) is 16.1. The normalized spacial score (nSPS) is 18.7. The van der Waals surface area contributed by atoms with Gasteiger partial charge in [0.15, 0.2) is 11.6 Å². The first-order valence-electron chi connectivity index (χ1n) is 42.7. The molecule has 5 aliphatic carbocycles. The number of amides is 2. The van der Waals surface area contributed by atoms with Gasteiger partial charge in [0.1, 0.15) is 51.9 Å². The van der Waals surface area contributed by atoms with Crippen LogP contribution in [0.5, 0.6) is 0 Å². The molecule has 8 N–H and O–H groups in total. The Morgan fingerprint density at radius 1 is 0.433 bits per heavy atom. The van der Waals surface area contributed by atoms with E-state index in [-0.39, 0.29) is 65.9 Å². The lowest BCUT2D eigenvalue weighted by Gasteiger charge is -2.37. The van der Waals surface area contributed by atoms with Crippen molar-refractivity contribution in [3.63, 3.8) is 0 Å². The van der Waals surface area contributed by atoms with Gasteiger partial charge in [-0.05, 0) is 154 Å². The van der Waals surface area contributed by atoms with E-state index in [4.69, 9.17) is 27.0 Å². The number of rotatable bonds is 17. The first-order valence-corrected chi connectivity index (χ1v) is 42.7. The van der Waals surface area contributed by atoms with Gasteiger partial charge in [-0.15, -0.1) is 0 Å². The Bertz CT molecular complexity index is 6070. The third kappa shape index (κ3) is 21.2. The van der Waals surface area contributed by atoms with Gasteiger partial charge in [-0.3, -0.25) is 57.9 Å². The van der Waals surface area contributed by atoms with Gasteiger partial charge in [0.25, 0.3) is 0 Å². The molecule has 12 aromatic heterocycles. The summed E-state index contributed by atoms with van der Waals surface area (Å²) < 4.78 is 197. The van der Waals surface area contributed by atoms with Gasteiger partial charge in [0.2, 0.25) is 23.7 Å². The molecule has 706 valence electrons. The van der Waals surface area contributed by atoms with Gasteiger partial charge in [0.05, 0.1) is 92.2 Å². The van der Waals surface area contributed by atoms with Crippen LogP contribution in [0.1, 0.15) is 214 Å². The second kappa shape index (κ2) is 38.1. The van der Waals surface area contributed by atoms with Crippen molar-refractivity contribution in [1.29, 1.82) is 0 Å². The highest BCUT2D eigenvalue weighted by Gasteiger charge is 2.42. The number of azide groups is 1. The molecule has 2 amide bonds. The van der Waals surface area contributed by atoms with Gasteiger partial charge in [-0.25, -0.2) is 9.97 Å². The molecule has 14 heterocycles. The van der Waals surface area contributed by atoms with Crippen molar-refractivity contribution in [3.05, 3.63) is 257 Å². The number of hydrogen-bond donors (Lipinski definition) is 6. The molecule has 7 aliphatic rings. The number of hydrogen-bond acceptors (Lipinski definition) is 23. The van der Waals surface area contributed by atoms with Crippen molar-refractivity contribution in [1.82, 2.24) is 93.8 Å². The molecule has 7 atom stereocenters. The minimum atomic E-state index is -4.46. The Hall–Kier alpha value is -13.7. The summed E-state index contributed by atoms with van der Waals surface area (Å²) in [4.78, 5) is 67.7. The number of likely N-dealkylation sites (N-methyl/N-ethyl adjacent to an activating group) is 2. The molecule has 0 spiro atoms. The number of carbonyl (C=O) groups is 2. The fourth-order valence-corrected chi connectivity index (χ4v) is 17.4. The van der Waals surface area contributed by atoms with E-state index in [1.165, 1.54) is 61.3 Å². The van der Waals surface area contributed by atoms with Crippen molar-refractivity contribution in [2.45, 2.75) is 212 Å². The molecule has 12 aromatic rings. The zero-order valence-corrected chi connectivity index (χ0v) is 73.2. The van der Waals surface area contributed by atoms with Crippen LogP contribution in [0, 0.1) is 25.7 Å². The summed E-state index contributed by atoms with van der Waals surface area (Å²) in [6.07, 6.45) is 1.03. The molecule has 0 fully saturated rings. The monoisotopic (exact) mass is 1870 g/mol. The number of anilines is 6. The SMILES string of the molecule is Cc1nc(N[C@@H]2CCc3c2cnn3Cc2ccc(C(F)(F)F)nc2)nc2c1NC(=O)[C@H](C(C)C)N2C.Cc1nc(N[C@H]2CCc3c2cnn3Cc2ccc(C(F)(F)F)nc2)nc2c1NC(=O)[C@H](C(C)C)N2C.NC1CCc2c1cnn2Cc1ccc(C(F)(F)F)nc1.NC1CCc2nn(Cc3ccc(C(F)(F)F)nc3)cc21.[N-]=[N+]=NC1CCc2nn(Cc3ccc(C(F)(F)F)nc3)cc21. The van der Waals surface area contributed by atoms with E-state index < -0.39 is 59.4 Å². The van der Waals surface area contributed by atoms with Crippen LogP contribution >= 0.6 is 0 Å². The van der Waals surface area contributed by atoms with Crippen molar-refractivity contribution in [2.24, 2.45) is 28.4 Å². The zero-order valence-electron chi connectivity index (χ0n) is 73.2. The molecule has 3 unspecified atom stereocenters. The van der Waals surface area contributed by atoms with Gasteiger partial charge in [-0.2, -0.15) is 101 Å². The Kier molecular flexibility index (Phi) is 27.0. The highest BCUT2D eigenvalue weighted by atomic mass is 19.4. The van der Waals surface area contributed by atoms with E-state index in [0.29, 0.717) is 107 Å². The molecular formula is C87H91F15N30O2. The number of nitrogens with one attached hydrogen (secondary N) is 4. The van der Waals surface area contributed by atoms with Crippen LogP contribution in [0.25, 0.3) is 10.4 Å². The lowest BCUT2D eigenvalue weighted by Crippen LogP contribution is -2.49. The minimum Gasteiger partial charge on any atom is -0.347 e. The van der Waals surface area contributed by atoms with E-state index >= 15 is 0 Å².